The molecule has 0 saturated heterocycles. The Kier molecular flexibility index (Phi) is 29.4. The van der Waals surface area contributed by atoms with Crippen LogP contribution in [0.4, 0.5) is 0 Å². The molecule has 0 aliphatic heterocycles. The van der Waals surface area contributed by atoms with Gasteiger partial charge in [0.2, 0.25) is 0 Å². The molecule has 0 atom stereocenters. The molecule has 1 aromatic rings. The predicted molar refractivity (Wildman–Crippen MR) is 301 cm³/mol. The Bertz CT molecular complexity index is 2090. The van der Waals surface area contributed by atoms with E-state index < -0.39 is 16.6 Å². The predicted octanol–water partition coefficient (Wildman–Crippen LogP) is 17.6. The summed E-state index contributed by atoms with van der Waals surface area (Å²) in [7, 11) is 0. The lowest BCUT2D eigenvalue weighted by Gasteiger charge is -2.38. The number of unbranched alkanes of at least 4 members (excludes halogenated alkanes) is 1. The highest BCUT2D eigenvalue weighted by Gasteiger charge is 2.50. The summed E-state index contributed by atoms with van der Waals surface area (Å²) in [5, 5.41) is 45.7. The number of allylic oxidation sites excluding steroid dienone is 11. The van der Waals surface area contributed by atoms with Gasteiger partial charge in [0.15, 0.2) is 17.3 Å². The van der Waals surface area contributed by atoms with Crippen LogP contribution in [0.5, 0.6) is 0 Å². The van der Waals surface area contributed by atoms with Crippen LogP contribution in [0.25, 0.3) is 0 Å². The summed E-state index contributed by atoms with van der Waals surface area (Å²) in [6.07, 6.45) is 18.4. The average Bonchev–Trinajstić information content (AvgIpc) is 3.31. The summed E-state index contributed by atoms with van der Waals surface area (Å²) in [6, 6.07) is 7.92. The second-order valence-corrected chi connectivity index (χ2v) is 23.3. The lowest BCUT2D eigenvalue weighted by molar-refractivity contribution is -0.129. The van der Waals surface area contributed by atoms with Crippen LogP contribution >= 0.6 is 0 Å². The van der Waals surface area contributed by atoms with Crippen LogP contribution in [0, 0.1) is 53.3 Å². The fraction of sp³-hybridized carbons (Fsp3) is 0.625. The van der Waals surface area contributed by atoms with E-state index in [1.54, 1.807) is 13.0 Å². The van der Waals surface area contributed by atoms with Gasteiger partial charge in [-0.25, -0.2) is 0 Å². The number of aliphatic hydroxyl groups excluding tert-OH is 4. The van der Waals surface area contributed by atoms with Gasteiger partial charge in [-0.1, -0.05) is 144 Å². The number of hydrogen-bond acceptors (Lipinski definition) is 8. The summed E-state index contributed by atoms with van der Waals surface area (Å²) >= 11 is 0. The zero-order chi connectivity index (χ0) is 54.9. The molecule has 8 nitrogen and oxygen atoms in total. The summed E-state index contributed by atoms with van der Waals surface area (Å²) in [5.74, 6) is 0.786. The molecule has 0 saturated carbocycles. The normalized spacial score (nSPS) is 15.3. The SMILES string of the molecule is C=C/C=C\C(C)=C/CCCC(=O)/C(C)=C(O)/C(CCC(C)C)=C(/O)C(C=O)(CCC(C)C)CCC(C)C.Cc1ccccc1CCC(=O)C1=C(O)C(CCC(C)C)=C(O)C(CCC(C)C)(CCC(C)C)C1=O. The number of benzene rings is 1. The molecule has 0 radical (unpaired) electrons. The largest absolute Gasteiger partial charge is 0.511 e. The number of ketones is 3. The van der Waals surface area contributed by atoms with Crippen LogP contribution < -0.4 is 0 Å². The molecular weight excluding hydrogens is 897 g/mol. The number of aryl methyl sites for hydroxylation is 2. The topological polar surface area (TPSA) is 149 Å². The molecule has 4 N–H and O–H groups in total. The Balaban J connectivity index is 0.000000721. The molecule has 0 amide bonds. The molecule has 1 aromatic carbocycles. The van der Waals surface area contributed by atoms with Gasteiger partial charge >= 0.3 is 0 Å². The van der Waals surface area contributed by atoms with E-state index >= 15 is 0 Å². The van der Waals surface area contributed by atoms with Gasteiger partial charge < -0.3 is 25.2 Å². The average molecular weight is 997 g/mol. The van der Waals surface area contributed by atoms with Crippen LogP contribution in [0.2, 0.25) is 0 Å². The first-order chi connectivity index (χ1) is 33.7. The van der Waals surface area contributed by atoms with Crippen molar-refractivity contribution >= 4 is 23.6 Å². The van der Waals surface area contributed by atoms with Crippen molar-refractivity contribution in [3.05, 3.63) is 117 Å². The zero-order valence-electron chi connectivity index (χ0n) is 47.8. The molecule has 0 spiro atoms. The fourth-order valence-corrected chi connectivity index (χ4v) is 8.99. The van der Waals surface area contributed by atoms with Crippen molar-refractivity contribution < 1.29 is 39.6 Å². The van der Waals surface area contributed by atoms with Crippen molar-refractivity contribution in [3.8, 4) is 0 Å². The van der Waals surface area contributed by atoms with Crippen molar-refractivity contribution in [1.82, 2.24) is 0 Å². The first kappa shape index (κ1) is 65.3. The Morgan fingerprint density at radius 1 is 0.722 bits per heavy atom. The Hall–Kier alpha value is -4.72. The fourth-order valence-electron chi connectivity index (χ4n) is 8.99. The highest BCUT2D eigenvalue weighted by Crippen LogP contribution is 2.49. The second-order valence-electron chi connectivity index (χ2n) is 23.3. The maximum Gasteiger partial charge on any atom is 0.183 e. The van der Waals surface area contributed by atoms with Crippen molar-refractivity contribution in [2.75, 3.05) is 0 Å². The van der Waals surface area contributed by atoms with Crippen LogP contribution in [0.1, 0.15) is 211 Å². The van der Waals surface area contributed by atoms with E-state index in [0.717, 1.165) is 67.9 Å². The monoisotopic (exact) mass is 997 g/mol. The van der Waals surface area contributed by atoms with Gasteiger partial charge in [-0.3, -0.25) is 14.4 Å². The van der Waals surface area contributed by atoms with Gasteiger partial charge in [0.05, 0.1) is 10.8 Å². The Morgan fingerprint density at radius 3 is 1.74 bits per heavy atom. The van der Waals surface area contributed by atoms with Crippen molar-refractivity contribution in [2.24, 2.45) is 46.3 Å². The molecule has 8 heteroatoms. The van der Waals surface area contributed by atoms with Gasteiger partial charge in [-0.2, -0.15) is 0 Å². The quantitative estimate of drug-likeness (QED) is 0.0139. The molecule has 0 heterocycles. The zero-order valence-corrected chi connectivity index (χ0v) is 47.8. The summed E-state index contributed by atoms with van der Waals surface area (Å²) in [5.41, 5.74) is 1.99. The van der Waals surface area contributed by atoms with Gasteiger partial charge in [0.1, 0.15) is 34.9 Å². The number of Topliss-reactive ketones (excluding diaryl/α,β-unsaturated/α-hetero) is 3. The lowest BCUT2D eigenvalue weighted by Crippen LogP contribution is -2.41. The van der Waals surface area contributed by atoms with Crippen molar-refractivity contribution in [1.29, 1.82) is 0 Å². The molecule has 1 aliphatic rings. The van der Waals surface area contributed by atoms with Crippen LogP contribution in [-0.2, 0) is 25.6 Å². The molecule has 0 aromatic heterocycles. The third-order valence-electron chi connectivity index (χ3n) is 14.3. The number of carbonyl (C=O) groups is 4. The van der Waals surface area contributed by atoms with Gasteiger partial charge in [-0.15, -0.1) is 0 Å². The maximum absolute atomic E-state index is 14.1. The van der Waals surface area contributed by atoms with E-state index in [9.17, 15) is 39.6 Å². The van der Waals surface area contributed by atoms with Crippen molar-refractivity contribution in [2.45, 2.75) is 213 Å². The van der Waals surface area contributed by atoms with Gasteiger partial charge in [-0.05, 0) is 164 Å². The first-order valence-electron chi connectivity index (χ1n) is 27.5. The molecule has 0 fully saturated rings. The Morgan fingerprint density at radius 2 is 1.25 bits per heavy atom. The van der Waals surface area contributed by atoms with E-state index in [4.69, 9.17) is 0 Å². The van der Waals surface area contributed by atoms with Gasteiger partial charge in [0.25, 0.3) is 0 Å². The molecule has 2 rings (SSSR count). The molecule has 404 valence electrons. The smallest absolute Gasteiger partial charge is 0.183 e. The molecular formula is C64H100O8. The summed E-state index contributed by atoms with van der Waals surface area (Å²) in [6.45, 7) is 34.5. The van der Waals surface area contributed by atoms with E-state index in [-0.39, 0.29) is 52.2 Å². The molecule has 0 bridgehead atoms. The van der Waals surface area contributed by atoms with E-state index in [1.807, 2.05) is 50.3 Å². The third kappa shape index (κ3) is 21.0. The Labute approximate surface area is 438 Å². The van der Waals surface area contributed by atoms with Crippen LogP contribution in [-0.4, -0.2) is 44.1 Å². The van der Waals surface area contributed by atoms with E-state index in [1.165, 1.54) is 0 Å². The van der Waals surface area contributed by atoms with Crippen LogP contribution in [0.15, 0.2) is 106 Å². The molecule has 0 unspecified atom stereocenters. The minimum Gasteiger partial charge on any atom is -0.511 e. The number of carbonyl (C=O) groups excluding carboxylic acids is 4. The number of hydrogen-bond donors (Lipinski definition) is 4. The summed E-state index contributed by atoms with van der Waals surface area (Å²) in [4.78, 5) is 53.1. The van der Waals surface area contributed by atoms with Gasteiger partial charge in [0, 0.05) is 29.6 Å². The second kappa shape index (κ2) is 32.5. The molecule has 1 aliphatic carbocycles. The number of aldehydes is 1. The number of aliphatic hydroxyl groups is 4. The molecule has 72 heavy (non-hydrogen) atoms. The standard InChI is InChI=1S/C33H54O4.C31H46O4/c1-10-11-14-27(8)15-12-13-16-30(35)28(9)31(36)29(18-17-24(2)3)32(37)33(23-34,21-19-25(4)5)22-20-26(6)7;1-20(2)12-14-25-28(33)27(26(32)15-13-24-11-9-8-10-23(24)7)30(35)31(29(25)34,18-16-21(3)4)19-17-22(5)6/h10-11,14-15,23-26,36-37H,1,12-13,16-22H2,2-9H3;8-11,20-22,33-34H,12-19H2,1-7H3/b14-11-,27-15-,31-28-,32-29+;. The highest BCUT2D eigenvalue weighted by atomic mass is 16.3. The maximum atomic E-state index is 14.1. The first-order valence-corrected chi connectivity index (χ1v) is 27.5. The minimum absolute atomic E-state index is 0.00240. The third-order valence-corrected chi connectivity index (χ3v) is 14.3. The lowest BCUT2D eigenvalue weighted by atomic mass is 9.64. The van der Waals surface area contributed by atoms with E-state index in [0.29, 0.717) is 104 Å². The van der Waals surface area contributed by atoms with E-state index in [2.05, 4.69) is 95.7 Å². The number of rotatable bonds is 32. The van der Waals surface area contributed by atoms with Crippen LogP contribution in [0.3, 0.4) is 0 Å². The minimum atomic E-state index is -1.14. The summed E-state index contributed by atoms with van der Waals surface area (Å²) < 4.78 is 0. The highest BCUT2D eigenvalue weighted by molar-refractivity contribution is 6.24. The van der Waals surface area contributed by atoms with Crippen molar-refractivity contribution in [3.63, 3.8) is 0 Å².